The molecule has 2 atom stereocenters. The van der Waals surface area contributed by atoms with E-state index in [2.05, 4.69) is 6.92 Å². The molecule has 34 heavy (non-hydrogen) atoms. The third-order valence-corrected chi connectivity index (χ3v) is 6.49. The van der Waals surface area contributed by atoms with Crippen molar-refractivity contribution in [2.24, 2.45) is 0 Å². The Morgan fingerprint density at radius 1 is 0.735 bits per heavy atom. The van der Waals surface area contributed by atoms with Gasteiger partial charge in [-0.05, 0) is 44.7 Å². The molecule has 3 nitrogen and oxygen atoms in total. The fourth-order valence-electron chi connectivity index (χ4n) is 4.42. The molecule has 2 aromatic carbocycles. The summed E-state index contributed by atoms with van der Waals surface area (Å²) in [5, 5.41) is 9.31. The van der Waals surface area contributed by atoms with E-state index in [1.165, 1.54) is 51.4 Å². The van der Waals surface area contributed by atoms with Crippen molar-refractivity contribution >= 4 is 5.78 Å². The van der Waals surface area contributed by atoms with Gasteiger partial charge in [-0.2, -0.15) is 0 Å². The van der Waals surface area contributed by atoms with Gasteiger partial charge in [0.25, 0.3) is 0 Å². The molecule has 3 heteroatoms. The van der Waals surface area contributed by atoms with Gasteiger partial charge in [-0.15, -0.1) is 0 Å². The van der Waals surface area contributed by atoms with Crippen LogP contribution in [0.2, 0.25) is 0 Å². The van der Waals surface area contributed by atoms with Crippen LogP contribution in [0.1, 0.15) is 120 Å². The highest BCUT2D eigenvalue weighted by Gasteiger charge is 2.17. The van der Waals surface area contributed by atoms with Gasteiger partial charge < -0.3 is 9.84 Å². The first-order valence-electron chi connectivity index (χ1n) is 13.6. The van der Waals surface area contributed by atoms with E-state index < -0.39 is 0 Å². The summed E-state index contributed by atoms with van der Waals surface area (Å²) in [4.78, 5) is 13.0. The number of benzene rings is 2. The normalized spacial score (nSPS) is 12.9. The van der Waals surface area contributed by atoms with Gasteiger partial charge in [0.15, 0.2) is 5.78 Å². The van der Waals surface area contributed by atoms with E-state index in [4.69, 9.17) is 4.74 Å². The fraction of sp³-hybridized carbons (Fsp3) is 0.581. The lowest BCUT2D eigenvalue weighted by Gasteiger charge is -2.21. The zero-order valence-electron chi connectivity index (χ0n) is 21.5. The number of carbonyl (C=O) groups excluding carboxylic acids is 1. The molecule has 0 fully saturated rings. The van der Waals surface area contributed by atoms with Gasteiger partial charge in [-0.25, -0.2) is 0 Å². The van der Waals surface area contributed by atoms with E-state index in [0.29, 0.717) is 16.9 Å². The maximum atomic E-state index is 13.0. The van der Waals surface area contributed by atoms with Crippen LogP contribution in [0.4, 0.5) is 0 Å². The molecule has 188 valence electrons. The first kappa shape index (κ1) is 28.1. The Bertz CT molecular complexity index is 784. The molecular formula is C31H46O3. The van der Waals surface area contributed by atoms with E-state index in [1.54, 1.807) is 0 Å². The Morgan fingerprint density at radius 3 is 1.88 bits per heavy atom. The molecule has 0 spiro atoms. The largest absolute Gasteiger partial charge is 0.490 e. The monoisotopic (exact) mass is 466 g/mol. The highest BCUT2D eigenvalue weighted by Crippen LogP contribution is 2.25. The number of unbranched alkanes of at least 4 members (excludes halogenated alkanes) is 9. The summed E-state index contributed by atoms with van der Waals surface area (Å²) in [5.74, 6) is 0.740. The predicted octanol–water partition coefficient (Wildman–Crippen LogP) is 8.53. The quantitative estimate of drug-likeness (QED) is 0.167. The Labute approximate surface area is 207 Å². The van der Waals surface area contributed by atoms with Gasteiger partial charge in [0.2, 0.25) is 0 Å². The summed E-state index contributed by atoms with van der Waals surface area (Å²) in [6.45, 7) is 4.09. The highest BCUT2D eigenvalue weighted by atomic mass is 16.5. The SMILES string of the molecule is CCCCC(CCCCCCCCCCCC(C)O)Oc1ccccc1C(=O)c1ccccc1. The lowest BCUT2D eigenvalue weighted by molar-refractivity contribution is 0.102. The van der Waals surface area contributed by atoms with Crippen LogP contribution >= 0.6 is 0 Å². The van der Waals surface area contributed by atoms with E-state index in [0.717, 1.165) is 38.5 Å². The molecule has 1 N–H and O–H groups in total. The van der Waals surface area contributed by atoms with Crippen molar-refractivity contribution in [3.63, 3.8) is 0 Å². The second-order valence-electron chi connectivity index (χ2n) is 9.68. The number of rotatable bonds is 19. The topological polar surface area (TPSA) is 46.5 Å². The number of aliphatic hydroxyl groups is 1. The van der Waals surface area contributed by atoms with Crippen LogP contribution in [0.3, 0.4) is 0 Å². The molecule has 0 aromatic heterocycles. The molecule has 2 unspecified atom stereocenters. The van der Waals surface area contributed by atoms with Gasteiger partial charge in [-0.1, -0.05) is 114 Å². The number of ketones is 1. The van der Waals surface area contributed by atoms with Crippen molar-refractivity contribution in [2.75, 3.05) is 0 Å². The van der Waals surface area contributed by atoms with Crippen LogP contribution in [0, 0.1) is 0 Å². The van der Waals surface area contributed by atoms with Crippen molar-refractivity contribution in [1.29, 1.82) is 0 Å². The number of ether oxygens (including phenoxy) is 1. The lowest BCUT2D eigenvalue weighted by Crippen LogP contribution is -2.18. The molecule has 0 saturated carbocycles. The first-order valence-corrected chi connectivity index (χ1v) is 13.6. The van der Waals surface area contributed by atoms with E-state index in [1.807, 2.05) is 61.5 Å². The Kier molecular flexibility index (Phi) is 14.3. The smallest absolute Gasteiger partial charge is 0.196 e. The third kappa shape index (κ3) is 11.3. The Morgan fingerprint density at radius 2 is 1.26 bits per heavy atom. The third-order valence-electron chi connectivity index (χ3n) is 6.49. The van der Waals surface area contributed by atoms with E-state index in [-0.39, 0.29) is 18.0 Å². The zero-order valence-corrected chi connectivity index (χ0v) is 21.5. The minimum atomic E-state index is -0.150. The van der Waals surface area contributed by atoms with Crippen LogP contribution in [0.25, 0.3) is 0 Å². The van der Waals surface area contributed by atoms with Crippen molar-refractivity contribution < 1.29 is 14.6 Å². The molecule has 2 aromatic rings. The number of hydrogen-bond donors (Lipinski definition) is 1. The average Bonchev–Trinajstić information content (AvgIpc) is 2.85. The van der Waals surface area contributed by atoms with Crippen molar-refractivity contribution in [3.8, 4) is 5.75 Å². The summed E-state index contributed by atoms with van der Waals surface area (Å²) in [6.07, 6.45) is 16.7. The second-order valence-corrected chi connectivity index (χ2v) is 9.68. The maximum absolute atomic E-state index is 13.0. The minimum absolute atomic E-state index is 0.0244. The zero-order chi connectivity index (χ0) is 24.4. The van der Waals surface area contributed by atoms with Crippen LogP contribution in [-0.2, 0) is 0 Å². The Balaban J connectivity index is 1.75. The number of hydrogen-bond acceptors (Lipinski definition) is 3. The number of carbonyl (C=O) groups is 1. The first-order chi connectivity index (χ1) is 16.6. The number of para-hydroxylation sites is 1. The minimum Gasteiger partial charge on any atom is -0.490 e. The van der Waals surface area contributed by atoms with Gasteiger partial charge in [0.1, 0.15) is 5.75 Å². The van der Waals surface area contributed by atoms with Crippen LogP contribution in [-0.4, -0.2) is 23.1 Å². The van der Waals surface area contributed by atoms with Crippen LogP contribution in [0.5, 0.6) is 5.75 Å². The molecule has 0 aliphatic rings. The van der Waals surface area contributed by atoms with Crippen LogP contribution < -0.4 is 4.74 Å². The van der Waals surface area contributed by atoms with Gasteiger partial charge >= 0.3 is 0 Å². The molecule has 0 amide bonds. The van der Waals surface area contributed by atoms with Crippen molar-refractivity contribution in [2.45, 2.75) is 116 Å². The highest BCUT2D eigenvalue weighted by molar-refractivity contribution is 6.10. The molecule has 0 aliphatic carbocycles. The molecular weight excluding hydrogens is 420 g/mol. The molecule has 0 heterocycles. The molecule has 0 aliphatic heterocycles. The van der Waals surface area contributed by atoms with Crippen molar-refractivity contribution in [1.82, 2.24) is 0 Å². The Hall–Kier alpha value is -2.13. The number of aliphatic hydroxyl groups excluding tert-OH is 1. The van der Waals surface area contributed by atoms with Gasteiger partial charge in [0, 0.05) is 5.56 Å². The predicted molar refractivity (Wildman–Crippen MR) is 143 cm³/mol. The lowest BCUT2D eigenvalue weighted by atomic mass is 10.0. The van der Waals surface area contributed by atoms with Crippen LogP contribution in [0.15, 0.2) is 54.6 Å². The van der Waals surface area contributed by atoms with E-state index >= 15 is 0 Å². The fourth-order valence-corrected chi connectivity index (χ4v) is 4.42. The average molecular weight is 467 g/mol. The second kappa shape index (κ2) is 17.3. The van der Waals surface area contributed by atoms with Crippen molar-refractivity contribution in [3.05, 3.63) is 65.7 Å². The molecule has 0 radical (unpaired) electrons. The summed E-state index contributed by atoms with van der Waals surface area (Å²) >= 11 is 0. The van der Waals surface area contributed by atoms with Gasteiger partial charge in [0.05, 0.1) is 17.8 Å². The summed E-state index contributed by atoms with van der Waals surface area (Å²) < 4.78 is 6.45. The maximum Gasteiger partial charge on any atom is 0.196 e. The molecule has 2 rings (SSSR count). The van der Waals surface area contributed by atoms with E-state index in [9.17, 15) is 9.90 Å². The standard InChI is InChI=1S/C31H46O3/c1-3-4-22-28(23-16-11-9-7-5-6-8-10-13-19-26(2)32)34-30-25-18-17-24-29(30)31(33)27-20-14-12-15-21-27/h12,14-15,17-18,20-21,24-26,28,32H,3-11,13,16,19,22-23H2,1-2H3. The van der Waals surface area contributed by atoms with Gasteiger partial charge in [-0.3, -0.25) is 4.79 Å². The molecule has 0 saturated heterocycles. The summed E-state index contributed by atoms with van der Waals surface area (Å²) in [6, 6.07) is 17.2. The molecule has 0 bridgehead atoms. The summed E-state index contributed by atoms with van der Waals surface area (Å²) in [7, 11) is 0. The summed E-state index contributed by atoms with van der Waals surface area (Å²) in [5.41, 5.74) is 1.36.